The summed E-state index contributed by atoms with van der Waals surface area (Å²) >= 11 is 1.56. The van der Waals surface area contributed by atoms with Crippen LogP contribution in [-0.2, 0) is 9.53 Å². The average molecular weight is 393 g/mol. The van der Waals surface area contributed by atoms with E-state index in [9.17, 15) is 9.59 Å². The van der Waals surface area contributed by atoms with E-state index in [1.807, 2.05) is 37.3 Å². The zero-order valence-corrected chi connectivity index (χ0v) is 16.4. The Hall–Kier alpha value is -2.64. The van der Waals surface area contributed by atoms with Crippen LogP contribution in [0, 0.1) is 0 Å². The number of likely N-dealkylation sites (N-methyl/N-ethyl adjacent to an activating group) is 1. The predicted octanol–water partition coefficient (Wildman–Crippen LogP) is 3.30. The molecule has 0 aliphatic rings. The van der Waals surface area contributed by atoms with Crippen molar-refractivity contribution in [3.63, 3.8) is 0 Å². The SMILES string of the molecule is [B]N(CC)CC(COc1ccc2sc3ccccc3c(=O)c2c1)OC(=O)C=C. The van der Waals surface area contributed by atoms with Crippen LogP contribution in [0.3, 0.4) is 0 Å². The summed E-state index contributed by atoms with van der Waals surface area (Å²) in [6.07, 6.45) is 0.545. The molecule has 1 heterocycles. The molecule has 1 atom stereocenters. The molecular weight excluding hydrogens is 373 g/mol. The minimum Gasteiger partial charge on any atom is -0.490 e. The summed E-state index contributed by atoms with van der Waals surface area (Å²) in [5.41, 5.74) is -0.0245. The van der Waals surface area contributed by atoms with Gasteiger partial charge in [-0.05, 0) is 36.9 Å². The fourth-order valence-electron chi connectivity index (χ4n) is 2.79. The summed E-state index contributed by atoms with van der Waals surface area (Å²) in [5, 5.41) is 1.30. The summed E-state index contributed by atoms with van der Waals surface area (Å²) < 4.78 is 13.0. The summed E-state index contributed by atoms with van der Waals surface area (Å²) in [6.45, 7) is 6.35. The molecule has 0 fully saturated rings. The largest absolute Gasteiger partial charge is 0.490 e. The van der Waals surface area contributed by atoms with Crippen molar-refractivity contribution < 1.29 is 14.3 Å². The summed E-state index contributed by atoms with van der Waals surface area (Å²) in [4.78, 5) is 25.9. The van der Waals surface area contributed by atoms with Gasteiger partial charge in [0.15, 0.2) is 13.4 Å². The van der Waals surface area contributed by atoms with E-state index in [0.717, 1.165) is 15.5 Å². The Morgan fingerprint density at radius 1 is 1.25 bits per heavy atom. The van der Waals surface area contributed by atoms with Crippen molar-refractivity contribution in [2.24, 2.45) is 0 Å². The van der Waals surface area contributed by atoms with Gasteiger partial charge in [-0.3, -0.25) is 4.79 Å². The smallest absolute Gasteiger partial charge is 0.330 e. The van der Waals surface area contributed by atoms with Crippen molar-refractivity contribution in [2.45, 2.75) is 13.0 Å². The van der Waals surface area contributed by atoms with Crippen LogP contribution in [0.4, 0.5) is 0 Å². The lowest BCUT2D eigenvalue weighted by atomic mass is 10.2. The van der Waals surface area contributed by atoms with Crippen LogP contribution < -0.4 is 10.2 Å². The van der Waals surface area contributed by atoms with Crippen LogP contribution in [0.5, 0.6) is 5.75 Å². The van der Waals surface area contributed by atoms with Crippen LogP contribution in [0.1, 0.15) is 6.92 Å². The van der Waals surface area contributed by atoms with Gasteiger partial charge in [-0.25, -0.2) is 4.79 Å². The summed E-state index contributed by atoms with van der Waals surface area (Å²) in [5.74, 6) is -0.00136. The maximum absolute atomic E-state index is 12.8. The Kier molecular flexibility index (Phi) is 6.49. The molecule has 0 N–H and O–H groups in total. The molecule has 28 heavy (non-hydrogen) atoms. The van der Waals surface area contributed by atoms with E-state index in [1.54, 1.807) is 23.5 Å². The molecule has 2 radical (unpaired) electrons. The normalized spacial score (nSPS) is 12.2. The van der Waals surface area contributed by atoms with Gasteiger partial charge in [0.05, 0.1) is 0 Å². The molecule has 0 aliphatic carbocycles. The number of hydrogen-bond acceptors (Lipinski definition) is 6. The molecule has 0 bridgehead atoms. The van der Waals surface area contributed by atoms with Crippen LogP contribution in [-0.4, -0.2) is 44.6 Å². The minimum absolute atomic E-state index is 0.0245. The van der Waals surface area contributed by atoms with E-state index < -0.39 is 12.1 Å². The number of nitrogens with zero attached hydrogens (tertiary/aromatic N) is 1. The van der Waals surface area contributed by atoms with E-state index in [4.69, 9.17) is 17.5 Å². The van der Waals surface area contributed by atoms with Crippen molar-refractivity contribution >= 4 is 45.5 Å². The Morgan fingerprint density at radius 2 is 2.00 bits per heavy atom. The van der Waals surface area contributed by atoms with Crippen molar-refractivity contribution in [1.82, 2.24) is 4.81 Å². The Labute approximate surface area is 168 Å². The quantitative estimate of drug-likeness (QED) is 0.254. The van der Waals surface area contributed by atoms with Gasteiger partial charge in [-0.2, -0.15) is 0 Å². The molecule has 0 saturated carbocycles. The molecule has 142 valence electrons. The number of carbonyl (C=O) groups excluding carboxylic acids is 1. The molecule has 0 aliphatic heterocycles. The monoisotopic (exact) mass is 393 g/mol. The second-order valence-electron chi connectivity index (χ2n) is 6.25. The van der Waals surface area contributed by atoms with Crippen molar-refractivity contribution in [1.29, 1.82) is 0 Å². The highest BCUT2D eigenvalue weighted by Gasteiger charge is 2.16. The number of hydrogen-bond donors (Lipinski definition) is 0. The fraction of sp³-hybridized carbons (Fsp3) is 0.238. The molecular formula is C21H20BNO4S. The number of ether oxygens (including phenoxy) is 2. The highest BCUT2D eigenvalue weighted by molar-refractivity contribution is 7.24. The van der Waals surface area contributed by atoms with E-state index in [-0.39, 0.29) is 12.0 Å². The highest BCUT2D eigenvalue weighted by atomic mass is 32.1. The summed E-state index contributed by atoms with van der Waals surface area (Å²) in [7, 11) is 5.83. The first-order chi connectivity index (χ1) is 13.5. The molecule has 5 nitrogen and oxygen atoms in total. The third-order valence-corrected chi connectivity index (χ3v) is 5.43. The van der Waals surface area contributed by atoms with Crippen LogP contribution >= 0.6 is 11.3 Å². The van der Waals surface area contributed by atoms with Gasteiger partial charge >= 0.3 is 5.97 Å². The van der Waals surface area contributed by atoms with Gasteiger partial charge in [0, 0.05) is 32.8 Å². The molecule has 3 aromatic rings. The molecule has 1 unspecified atom stereocenters. The Balaban J connectivity index is 1.83. The van der Waals surface area contributed by atoms with Crippen LogP contribution in [0.15, 0.2) is 59.9 Å². The lowest BCUT2D eigenvalue weighted by molar-refractivity contribution is -0.144. The molecule has 0 saturated heterocycles. The Bertz CT molecular complexity index is 1070. The first-order valence-electron chi connectivity index (χ1n) is 8.93. The van der Waals surface area contributed by atoms with Gasteiger partial charge in [0.25, 0.3) is 0 Å². The number of esters is 1. The topological polar surface area (TPSA) is 55.8 Å². The second-order valence-corrected chi connectivity index (χ2v) is 7.33. The molecule has 3 rings (SSSR count). The third kappa shape index (κ3) is 4.61. The van der Waals surface area contributed by atoms with Crippen molar-refractivity contribution in [2.75, 3.05) is 19.7 Å². The first kappa shape index (κ1) is 20.1. The maximum Gasteiger partial charge on any atom is 0.330 e. The zero-order valence-electron chi connectivity index (χ0n) is 15.6. The maximum atomic E-state index is 12.8. The molecule has 0 amide bonds. The van der Waals surface area contributed by atoms with Gasteiger partial charge in [-0.1, -0.05) is 25.6 Å². The van der Waals surface area contributed by atoms with E-state index in [1.165, 1.54) is 4.81 Å². The second kappa shape index (κ2) is 9.04. The van der Waals surface area contributed by atoms with E-state index >= 15 is 0 Å². The Morgan fingerprint density at radius 3 is 2.75 bits per heavy atom. The number of benzene rings is 2. The van der Waals surface area contributed by atoms with Crippen LogP contribution in [0.25, 0.3) is 20.2 Å². The minimum atomic E-state index is -0.558. The first-order valence-corrected chi connectivity index (χ1v) is 9.74. The van der Waals surface area contributed by atoms with Crippen molar-refractivity contribution in [3.05, 3.63) is 65.3 Å². The van der Waals surface area contributed by atoms with Gasteiger partial charge in [0.2, 0.25) is 0 Å². The lowest BCUT2D eigenvalue weighted by Gasteiger charge is -2.23. The molecule has 1 aromatic heterocycles. The van der Waals surface area contributed by atoms with Gasteiger partial charge < -0.3 is 14.3 Å². The van der Waals surface area contributed by atoms with Gasteiger partial charge in [-0.15, -0.1) is 11.3 Å². The number of carbonyl (C=O) groups is 1. The number of fused-ring (bicyclic) bond motifs is 2. The molecule has 7 heteroatoms. The molecule has 2 aromatic carbocycles. The third-order valence-electron chi connectivity index (χ3n) is 4.28. The standard InChI is InChI=1S/C21H20BNO4S/c1-3-20(24)27-15(12-23(22)4-2)13-26-14-9-10-19-17(11-14)21(25)16-7-5-6-8-18(16)28-19/h3,5-11,15H,1,4,12-13H2,2H3. The van der Waals surface area contributed by atoms with Gasteiger partial charge in [0.1, 0.15) is 18.5 Å². The average Bonchev–Trinajstić information content (AvgIpc) is 2.72. The van der Waals surface area contributed by atoms with Crippen molar-refractivity contribution in [3.8, 4) is 5.75 Å². The number of rotatable bonds is 8. The zero-order chi connectivity index (χ0) is 20.1. The van der Waals surface area contributed by atoms with Crippen LogP contribution in [0.2, 0.25) is 0 Å². The molecule has 0 spiro atoms. The fourth-order valence-corrected chi connectivity index (χ4v) is 3.84. The van der Waals surface area contributed by atoms with E-state index in [2.05, 4.69) is 6.58 Å². The van der Waals surface area contributed by atoms with E-state index in [0.29, 0.717) is 29.6 Å². The highest BCUT2D eigenvalue weighted by Crippen LogP contribution is 2.27. The summed E-state index contributed by atoms with van der Waals surface area (Å²) in [6, 6.07) is 12.9. The predicted molar refractivity (Wildman–Crippen MR) is 114 cm³/mol. The lowest BCUT2D eigenvalue weighted by Crippen LogP contribution is -2.37.